The first-order valence-corrected chi connectivity index (χ1v) is 6.67. The van der Waals surface area contributed by atoms with Crippen LogP contribution in [0.1, 0.15) is 19.8 Å². The van der Waals surface area contributed by atoms with E-state index in [0.717, 1.165) is 31.1 Å². The lowest BCUT2D eigenvalue weighted by Crippen LogP contribution is -2.17. The molecule has 1 aliphatic heterocycles. The molecule has 1 aromatic heterocycles. The monoisotopic (exact) mass is 255 g/mol. The number of hydrogen-bond donors (Lipinski definition) is 1. The van der Waals surface area contributed by atoms with Gasteiger partial charge in [-0.15, -0.1) is 11.8 Å². The zero-order chi connectivity index (χ0) is 12.1. The molecule has 0 saturated carbocycles. The molecule has 1 aromatic rings. The summed E-state index contributed by atoms with van der Waals surface area (Å²) in [4.78, 5) is 8.25. The second-order valence-electron chi connectivity index (χ2n) is 3.76. The first kappa shape index (κ1) is 12.4. The summed E-state index contributed by atoms with van der Waals surface area (Å²) < 4.78 is 10.7. The predicted molar refractivity (Wildman–Crippen MR) is 67.3 cm³/mol. The molecule has 2 N–H and O–H groups in total. The van der Waals surface area contributed by atoms with Crippen LogP contribution in [0, 0.1) is 0 Å². The van der Waals surface area contributed by atoms with Gasteiger partial charge in [0.2, 0.25) is 5.88 Å². The molecule has 0 unspecified atom stereocenters. The minimum Gasteiger partial charge on any atom is -0.476 e. The van der Waals surface area contributed by atoms with Crippen molar-refractivity contribution in [2.24, 2.45) is 0 Å². The van der Waals surface area contributed by atoms with Crippen molar-refractivity contribution in [2.45, 2.75) is 30.0 Å². The fourth-order valence-corrected chi connectivity index (χ4v) is 2.73. The zero-order valence-electron chi connectivity index (χ0n) is 9.89. The molecule has 0 aliphatic carbocycles. The highest BCUT2D eigenvalue weighted by atomic mass is 32.2. The van der Waals surface area contributed by atoms with Crippen LogP contribution in [0.25, 0.3) is 0 Å². The van der Waals surface area contributed by atoms with Crippen molar-refractivity contribution in [3.05, 3.63) is 6.33 Å². The van der Waals surface area contributed by atoms with Crippen molar-refractivity contribution in [2.75, 3.05) is 25.6 Å². The van der Waals surface area contributed by atoms with E-state index >= 15 is 0 Å². The number of nitrogens with zero attached hydrogens (tertiary/aromatic N) is 2. The van der Waals surface area contributed by atoms with E-state index in [2.05, 4.69) is 9.97 Å². The minimum absolute atomic E-state index is 0.483. The molecule has 0 radical (unpaired) electrons. The molecule has 0 aromatic carbocycles. The van der Waals surface area contributed by atoms with Gasteiger partial charge in [-0.2, -0.15) is 4.98 Å². The number of aromatic nitrogens is 2. The lowest BCUT2D eigenvalue weighted by molar-refractivity contribution is 0.1000. The van der Waals surface area contributed by atoms with Gasteiger partial charge in [-0.25, -0.2) is 4.98 Å². The molecular formula is C11H17N3O2S. The van der Waals surface area contributed by atoms with Gasteiger partial charge in [-0.3, -0.25) is 0 Å². The van der Waals surface area contributed by atoms with E-state index in [0.29, 0.717) is 23.4 Å². The van der Waals surface area contributed by atoms with Gasteiger partial charge in [-0.1, -0.05) is 0 Å². The molecule has 1 fully saturated rings. The van der Waals surface area contributed by atoms with Crippen LogP contribution in [0.2, 0.25) is 0 Å². The third kappa shape index (κ3) is 3.23. The number of nitrogens with two attached hydrogens (primary N) is 1. The lowest BCUT2D eigenvalue weighted by Gasteiger charge is -2.21. The fourth-order valence-electron chi connectivity index (χ4n) is 1.66. The van der Waals surface area contributed by atoms with Gasteiger partial charge >= 0.3 is 0 Å². The van der Waals surface area contributed by atoms with Gasteiger partial charge in [0.05, 0.1) is 6.61 Å². The van der Waals surface area contributed by atoms with Crippen LogP contribution in [0.4, 0.5) is 5.69 Å². The van der Waals surface area contributed by atoms with Crippen molar-refractivity contribution in [3.8, 4) is 5.88 Å². The average Bonchev–Trinajstić information content (AvgIpc) is 2.36. The third-order valence-corrected chi connectivity index (χ3v) is 3.89. The third-order valence-electron chi connectivity index (χ3n) is 2.54. The molecule has 0 amide bonds. The van der Waals surface area contributed by atoms with E-state index < -0.39 is 0 Å². The number of hydrogen-bond acceptors (Lipinski definition) is 6. The minimum atomic E-state index is 0.483. The normalized spacial score (nSPS) is 17.0. The number of thioether (sulfide) groups is 1. The number of nitrogen functional groups attached to an aromatic ring is 1. The Morgan fingerprint density at radius 2 is 2.24 bits per heavy atom. The average molecular weight is 255 g/mol. The van der Waals surface area contributed by atoms with Crippen molar-refractivity contribution >= 4 is 17.4 Å². The highest BCUT2D eigenvalue weighted by Crippen LogP contribution is 2.34. The van der Waals surface area contributed by atoms with Gasteiger partial charge in [0.25, 0.3) is 0 Å². The summed E-state index contributed by atoms with van der Waals surface area (Å²) in [6.07, 6.45) is 3.58. The van der Waals surface area contributed by atoms with Gasteiger partial charge < -0.3 is 15.2 Å². The highest BCUT2D eigenvalue weighted by molar-refractivity contribution is 8.00. The molecule has 5 nitrogen and oxygen atoms in total. The Kier molecular flexibility index (Phi) is 4.44. The van der Waals surface area contributed by atoms with E-state index in [1.807, 2.05) is 6.92 Å². The van der Waals surface area contributed by atoms with Crippen LogP contribution in [0.5, 0.6) is 5.88 Å². The van der Waals surface area contributed by atoms with Crippen molar-refractivity contribution in [3.63, 3.8) is 0 Å². The Labute approximate surface area is 105 Å². The zero-order valence-corrected chi connectivity index (χ0v) is 10.7. The largest absolute Gasteiger partial charge is 0.476 e. The van der Waals surface area contributed by atoms with Gasteiger partial charge in [0.1, 0.15) is 17.0 Å². The number of rotatable bonds is 4. The molecule has 1 aliphatic rings. The van der Waals surface area contributed by atoms with E-state index in [4.69, 9.17) is 15.2 Å². The smallest absolute Gasteiger partial charge is 0.241 e. The van der Waals surface area contributed by atoms with Crippen LogP contribution >= 0.6 is 11.8 Å². The van der Waals surface area contributed by atoms with Crippen LogP contribution in [-0.2, 0) is 4.74 Å². The topological polar surface area (TPSA) is 70.3 Å². The van der Waals surface area contributed by atoms with Gasteiger partial charge in [0.15, 0.2) is 0 Å². The molecule has 17 heavy (non-hydrogen) atoms. The predicted octanol–water partition coefficient (Wildman–Crippen LogP) is 1.73. The Bertz CT molecular complexity index is 370. The molecule has 2 heterocycles. The molecule has 0 spiro atoms. The number of anilines is 1. The Hall–Kier alpha value is -1.01. The van der Waals surface area contributed by atoms with Gasteiger partial charge in [-0.05, 0) is 19.8 Å². The summed E-state index contributed by atoms with van der Waals surface area (Å²) in [6.45, 7) is 4.11. The van der Waals surface area contributed by atoms with Crippen molar-refractivity contribution in [1.29, 1.82) is 0 Å². The second kappa shape index (κ2) is 6.07. The summed E-state index contributed by atoms with van der Waals surface area (Å²) in [7, 11) is 0. The Balaban J connectivity index is 2.06. The van der Waals surface area contributed by atoms with Crippen molar-refractivity contribution < 1.29 is 9.47 Å². The van der Waals surface area contributed by atoms with E-state index in [-0.39, 0.29) is 0 Å². The Morgan fingerprint density at radius 3 is 2.94 bits per heavy atom. The molecule has 94 valence electrons. The summed E-state index contributed by atoms with van der Waals surface area (Å²) in [5, 5.41) is 1.34. The standard InChI is InChI=1S/C11H17N3O2S/c1-2-16-10-9(12)11(14-7-13-10)17-8-3-5-15-6-4-8/h7-8H,2-6,12H2,1H3. The summed E-state index contributed by atoms with van der Waals surface area (Å²) in [6, 6.07) is 0. The van der Waals surface area contributed by atoms with Crippen LogP contribution in [-0.4, -0.2) is 35.0 Å². The maximum atomic E-state index is 5.98. The van der Waals surface area contributed by atoms with Crippen LogP contribution in [0.15, 0.2) is 11.4 Å². The van der Waals surface area contributed by atoms with E-state index in [9.17, 15) is 0 Å². The lowest BCUT2D eigenvalue weighted by atomic mass is 10.2. The maximum Gasteiger partial charge on any atom is 0.241 e. The molecule has 2 rings (SSSR count). The first-order chi connectivity index (χ1) is 8.31. The molecule has 1 saturated heterocycles. The van der Waals surface area contributed by atoms with Crippen molar-refractivity contribution in [1.82, 2.24) is 9.97 Å². The molecule has 6 heteroatoms. The summed E-state index contributed by atoms with van der Waals surface area (Å²) in [5.74, 6) is 0.483. The van der Waals surface area contributed by atoms with Crippen LogP contribution in [0.3, 0.4) is 0 Å². The second-order valence-corrected chi connectivity index (χ2v) is 5.05. The Morgan fingerprint density at radius 1 is 1.47 bits per heavy atom. The SMILES string of the molecule is CCOc1ncnc(SC2CCOCC2)c1N. The van der Waals surface area contributed by atoms with Crippen LogP contribution < -0.4 is 10.5 Å². The summed E-state index contributed by atoms with van der Waals surface area (Å²) in [5.41, 5.74) is 6.53. The molecule has 0 atom stereocenters. The first-order valence-electron chi connectivity index (χ1n) is 5.79. The quantitative estimate of drug-likeness (QED) is 0.826. The van der Waals surface area contributed by atoms with Gasteiger partial charge in [0, 0.05) is 18.5 Å². The summed E-state index contributed by atoms with van der Waals surface area (Å²) >= 11 is 1.70. The van der Waals surface area contributed by atoms with E-state index in [1.54, 1.807) is 11.8 Å². The molecule has 0 bridgehead atoms. The highest BCUT2D eigenvalue weighted by Gasteiger charge is 2.18. The number of ether oxygens (including phenoxy) is 2. The maximum absolute atomic E-state index is 5.98. The molecular weight excluding hydrogens is 238 g/mol. The van der Waals surface area contributed by atoms with E-state index in [1.165, 1.54) is 6.33 Å². The fraction of sp³-hybridized carbons (Fsp3) is 0.636.